The molecule has 0 radical (unpaired) electrons. The summed E-state index contributed by atoms with van der Waals surface area (Å²) in [5, 5.41) is 0. The van der Waals surface area contributed by atoms with E-state index < -0.39 is 42.0 Å². The van der Waals surface area contributed by atoms with E-state index in [0.29, 0.717) is 17.7 Å². The van der Waals surface area contributed by atoms with Gasteiger partial charge >= 0.3 is 24.2 Å². The highest BCUT2D eigenvalue weighted by molar-refractivity contribution is 5.91. The topological polar surface area (TPSA) is 123 Å². The van der Waals surface area contributed by atoms with Crippen molar-refractivity contribution in [1.29, 1.82) is 0 Å². The van der Waals surface area contributed by atoms with Crippen molar-refractivity contribution in [2.45, 2.75) is 25.1 Å². The Morgan fingerprint density at radius 1 is 0.791 bits per heavy atom. The molecule has 0 saturated heterocycles. The van der Waals surface area contributed by atoms with Crippen molar-refractivity contribution in [1.82, 2.24) is 0 Å². The third-order valence-corrected chi connectivity index (χ3v) is 5.44. The van der Waals surface area contributed by atoms with Gasteiger partial charge in [-0.15, -0.1) is 0 Å². The van der Waals surface area contributed by atoms with Crippen LogP contribution in [-0.4, -0.2) is 37.9 Å². The Hall–Kier alpha value is -4.88. The molecule has 0 amide bonds. The predicted octanol–water partition coefficient (Wildman–Crippen LogP) is 6.25. The maximum atomic E-state index is 14.6. The molecule has 0 spiro atoms. The molecule has 8 nitrogen and oxygen atoms in total. The lowest BCUT2D eigenvalue weighted by atomic mass is 10.1. The van der Waals surface area contributed by atoms with Gasteiger partial charge in [-0.25, -0.2) is 14.0 Å². The van der Waals surface area contributed by atoms with Crippen LogP contribution < -0.4 is 20.9 Å². The lowest BCUT2D eigenvalue weighted by Crippen LogP contribution is -2.23. The molecule has 0 aromatic heterocycles. The minimum atomic E-state index is -4.37. The summed E-state index contributed by atoms with van der Waals surface area (Å²) in [4.78, 5) is 23.9. The van der Waals surface area contributed by atoms with Crippen molar-refractivity contribution in [2.75, 3.05) is 31.3 Å². The minimum absolute atomic E-state index is 0.142. The van der Waals surface area contributed by atoms with Gasteiger partial charge in [-0.2, -0.15) is 22.0 Å². The van der Waals surface area contributed by atoms with Gasteiger partial charge in [0.1, 0.15) is 36.1 Å². The number of hydrogen-bond acceptors (Lipinski definition) is 8. The number of hydrogen-bond donors (Lipinski definition) is 2. The second-order valence-electron chi connectivity index (χ2n) is 8.92. The van der Waals surface area contributed by atoms with Crippen molar-refractivity contribution in [3.63, 3.8) is 0 Å². The van der Waals surface area contributed by atoms with Crippen molar-refractivity contribution < 1.29 is 54.9 Å². The van der Waals surface area contributed by atoms with Crippen LogP contribution in [0.4, 0.5) is 37.7 Å². The second-order valence-corrected chi connectivity index (χ2v) is 8.92. The number of rotatable bonds is 13. The van der Waals surface area contributed by atoms with Gasteiger partial charge in [0.05, 0.1) is 12.2 Å². The molecule has 0 unspecified atom stereocenters. The summed E-state index contributed by atoms with van der Waals surface area (Å²) in [7, 11) is 0. The van der Waals surface area contributed by atoms with Crippen molar-refractivity contribution in [3.8, 4) is 11.5 Å². The number of carbonyl (C=O) groups is 2. The van der Waals surface area contributed by atoms with Crippen LogP contribution in [0.5, 0.6) is 11.5 Å². The van der Waals surface area contributed by atoms with Crippen LogP contribution >= 0.6 is 0 Å². The average molecular weight is 613 g/mol. The number of nitrogens with two attached hydrogens (primary N) is 2. The Labute approximate surface area is 241 Å². The van der Waals surface area contributed by atoms with Crippen molar-refractivity contribution >= 4 is 29.4 Å². The van der Waals surface area contributed by atoms with Gasteiger partial charge in [-0.1, -0.05) is 12.1 Å². The summed E-state index contributed by atoms with van der Waals surface area (Å²) in [6.07, 6.45) is -7.54. The molecule has 3 aromatic carbocycles. The first kappa shape index (κ1) is 32.6. The highest BCUT2D eigenvalue weighted by Gasteiger charge is 2.38. The van der Waals surface area contributed by atoms with E-state index in [1.54, 1.807) is 0 Å². The fourth-order valence-corrected chi connectivity index (χ4v) is 3.50. The van der Waals surface area contributed by atoms with E-state index in [1.807, 2.05) is 0 Å². The molecule has 43 heavy (non-hydrogen) atoms. The van der Waals surface area contributed by atoms with E-state index in [1.165, 1.54) is 36.4 Å². The van der Waals surface area contributed by atoms with Crippen molar-refractivity contribution in [3.05, 3.63) is 89.2 Å². The Morgan fingerprint density at radius 2 is 1.42 bits per heavy atom. The van der Waals surface area contributed by atoms with Crippen LogP contribution in [0.25, 0.3) is 6.08 Å². The highest BCUT2D eigenvalue weighted by Crippen LogP contribution is 2.35. The molecule has 0 atom stereocenters. The molecule has 3 aromatic rings. The lowest BCUT2D eigenvalue weighted by Gasteiger charge is -2.19. The molecule has 0 bridgehead atoms. The zero-order valence-electron chi connectivity index (χ0n) is 22.3. The molecule has 3 rings (SSSR count). The first-order chi connectivity index (χ1) is 20.2. The van der Waals surface area contributed by atoms with Gasteiger partial charge < -0.3 is 30.4 Å². The van der Waals surface area contributed by atoms with Crippen LogP contribution in [0.15, 0.2) is 66.7 Å². The third-order valence-electron chi connectivity index (χ3n) is 5.44. The van der Waals surface area contributed by atoms with E-state index in [-0.39, 0.29) is 54.7 Å². The molecule has 0 aliphatic rings. The van der Waals surface area contributed by atoms with Crippen molar-refractivity contribution in [2.24, 2.45) is 0 Å². The van der Waals surface area contributed by atoms with Crippen LogP contribution in [0.2, 0.25) is 0 Å². The van der Waals surface area contributed by atoms with Crippen LogP contribution in [0.1, 0.15) is 34.3 Å². The van der Waals surface area contributed by atoms with Gasteiger partial charge in [0.15, 0.2) is 0 Å². The number of anilines is 2. The quantitative estimate of drug-likeness (QED) is 0.0764. The Kier molecular flexibility index (Phi) is 10.9. The first-order valence-electron chi connectivity index (χ1n) is 12.6. The molecule has 0 aliphatic carbocycles. The Morgan fingerprint density at radius 3 is 2.05 bits per heavy atom. The van der Waals surface area contributed by atoms with E-state index >= 15 is 0 Å². The molecule has 230 valence electrons. The van der Waals surface area contributed by atoms with E-state index in [9.17, 15) is 35.9 Å². The summed E-state index contributed by atoms with van der Waals surface area (Å²) >= 11 is 0. The van der Waals surface area contributed by atoms with E-state index in [4.69, 9.17) is 25.7 Å². The van der Waals surface area contributed by atoms with Gasteiger partial charge in [-0.3, -0.25) is 0 Å². The molecule has 0 heterocycles. The van der Waals surface area contributed by atoms with Gasteiger partial charge in [0, 0.05) is 29.9 Å². The average Bonchev–Trinajstić information content (AvgIpc) is 2.91. The number of halogens is 6. The molecule has 0 aliphatic heterocycles. The van der Waals surface area contributed by atoms with Crippen LogP contribution in [0.3, 0.4) is 0 Å². The summed E-state index contributed by atoms with van der Waals surface area (Å²) in [5.74, 6) is -3.37. The smallest absolute Gasteiger partial charge is 0.429 e. The fourth-order valence-electron chi connectivity index (χ4n) is 3.50. The summed E-state index contributed by atoms with van der Waals surface area (Å²) in [6, 6.07) is 11.6. The van der Waals surface area contributed by atoms with E-state index in [0.717, 1.165) is 24.3 Å². The van der Waals surface area contributed by atoms with Crippen LogP contribution in [-0.2, 0) is 20.4 Å². The number of ether oxygens (including phenoxy) is 4. The largest absolute Gasteiger partial charge is 0.493 e. The predicted molar refractivity (Wildman–Crippen MR) is 144 cm³/mol. The maximum Gasteiger partial charge on any atom is 0.429 e. The second kappa shape index (κ2) is 14.3. The zero-order chi connectivity index (χ0) is 31.6. The highest BCUT2D eigenvalue weighted by atomic mass is 19.4. The van der Waals surface area contributed by atoms with E-state index in [2.05, 4.69) is 4.74 Å². The molecule has 0 fully saturated rings. The molecular weight excluding hydrogens is 586 g/mol. The van der Waals surface area contributed by atoms with Gasteiger partial charge in [0.25, 0.3) is 0 Å². The van der Waals surface area contributed by atoms with Gasteiger partial charge in [0.2, 0.25) is 0 Å². The monoisotopic (exact) mass is 612 g/mol. The summed E-state index contributed by atoms with van der Waals surface area (Å²) in [5.41, 5.74) is 11.3. The third kappa shape index (κ3) is 10.8. The first-order valence-corrected chi connectivity index (χ1v) is 12.6. The maximum absolute atomic E-state index is 14.6. The molecule has 14 heteroatoms. The van der Waals surface area contributed by atoms with Gasteiger partial charge in [-0.05, 0) is 60.5 Å². The number of nitrogen functional groups attached to an aromatic ring is 2. The molecule has 4 N–H and O–H groups in total. The van der Waals surface area contributed by atoms with Crippen LogP contribution in [0, 0.1) is 5.82 Å². The lowest BCUT2D eigenvalue weighted by molar-refractivity contribution is -0.187. The fraction of sp³-hybridized carbons (Fsp3) is 0.241. The Balaban J connectivity index is 1.45. The zero-order valence-corrected chi connectivity index (χ0v) is 22.3. The number of carbonyl (C=O) groups excluding carboxylic acids is 2. The standard InChI is InChI=1S/C29H26F6N2O6/c30-25-17-23(40-11-1-10-28(31,32)33)7-8-24(25)29(34,35)43-22-5-2-18(3-6-22)4-9-26(38)41-12-13-42-27(39)19-14-20(36)16-21(37)15-19/h2-9,14-17H,1,10-13,36-37H2. The Bertz CT molecular complexity index is 1420. The minimum Gasteiger partial charge on any atom is -0.493 e. The summed E-state index contributed by atoms with van der Waals surface area (Å²) in [6.45, 7) is -0.845. The number of alkyl halides is 5. The molecular formula is C29H26F6N2O6. The molecule has 0 saturated carbocycles. The SMILES string of the molecule is Nc1cc(N)cc(C(=O)OCCOC(=O)C=Cc2ccc(OC(F)(F)c3ccc(OCCCC(F)(F)F)cc3F)cc2)c1. The number of esters is 2. The normalized spacial score (nSPS) is 11.8. The number of benzene rings is 3. The summed E-state index contributed by atoms with van der Waals surface area (Å²) < 4.78 is 99.7.